The van der Waals surface area contributed by atoms with Gasteiger partial charge in [0, 0.05) is 53.7 Å². The van der Waals surface area contributed by atoms with Crippen molar-refractivity contribution >= 4 is 100 Å². The molecule has 0 amide bonds. The molecule has 9 aromatic rings. The van der Waals surface area contributed by atoms with Crippen molar-refractivity contribution in [1.29, 1.82) is 0 Å². The van der Waals surface area contributed by atoms with Gasteiger partial charge in [0.15, 0.2) is 11.5 Å². The minimum Gasteiger partial charge on any atom is -0.486 e. The fraction of sp³-hybridized carbons (Fsp3) is 0.164. The number of aryl methyl sites for hydroxylation is 3. The van der Waals surface area contributed by atoms with E-state index in [0.717, 1.165) is 22.9 Å². The molecule has 0 unspecified atom stereocenters. The van der Waals surface area contributed by atoms with Gasteiger partial charge in [-0.2, -0.15) is 0 Å². The molecule has 3 aliphatic heterocycles. The van der Waals surface area contributed by atoms with Crippen LogP contribution in [0.1, 0.15) is 43.0 Å². The first-order chi connectivity index (χ1) is 30.1. The number of anilines is 6. The molecule has 302 valence electrons. The molecule has 0 radical (unpaired) electrons. The zero-order chi connectivity index (χ0) is 42.0. The van der Waals surface area contributed by atoms with Gasteiger partial charge >= 0.3 is 0 Å². The minimum absolute atomic E-state index is 0.0228. The third kappa shape index (κ3) is 5.85. The first-order valence-electron chi connectivity index (χ1n) is 21.6. The van der Waals surface area contributed by atoms with E-state index in [2.05, 4.69) is 191 Å². The van der Waals surface area contributed by atoms with E-state index in [0.29, 0.717) is 13.2 Å². The molecule has 0 bridgehead atoms. The molecule has 7 aromatic carbocycles. The molecular weight excluding hydrogens is 796 g/mol. The van der Waals surface area contributed by atoms with E-state index in [4.69, 9.17) is 9.47 Å². The number of rotatable bonds is 4. The molecule has 62 heavy (non-hydrogen) atoms. The summed E-state index contributed by atoms with van der Waals surface area (Å²) >= 11 is 3.72. The molecule has 0 atom stereocenters. The van der Waals surface area contributed by atoms with Crippen LogP contribution in [0.4, 0.5) is 34.1 Å². The molecule has 0 aliphatic carbocycles. The molecule has 7 heteroatoms. The maximum atomic E-state index is 6.39. The molecule has 0 saturated carbocycles. The van der Waals surface area contributed by atoms with Gasteiger partial charge in [0.05, 0.1) is 5.69 Å². The predicted octanol–water partition coefficient (Wildman–Crippen LogP) is 13.5. The van der Waals surface area contributed by atoms with Gasteiger partial charge in [-0.3, -0.25) is 0 Å². The lowest BCUT2D eigenvalue weighted by atomic mass is 9.33. The van der Waals surface area contributed by atoms with Crippen LogP contribution < -0.4 is 35.7 Å². The normalized spacial score (nSPS) is 14.0. The fourth-order valence-electron chi connectivity index (χ4n) is 10.1. The smallest absolute Gasteiger partial charge is 0.252 e. The van der Waals surface area contributed by atoms with Crippen molar-refractivity contribution < 1.29 is 9.47 Å². The molecule has 5 heterocycles. The van der Waals surface area contributed by atoms with Crippen LogP contribution in [-0.4, -0.2) is 19.9 Å². The highest BCUT2D eigenvalue weighted by atomic mass is 32.1. The number of hydrogen-bond acceptors (Lipinski definition) is 6. The zero-order valence-electron chi connectivity index (χ0n) is 35.8. The summed E-state index contributed by atoms with van der Waals surface area (Å²) in [5.41, 5.74) is 18.4. The Kier molecular flexibility index (Phi) is 8.38. The Labute approximate surface area is 371 Å². The number of thiophene rings is 2. The van der Waals surface area contributed by atoms with Crippen molar-refractivity contribution in [3.8, 4) is 32.4 Å². The summed E-state index contributed by atoms with van der Waals surface area (Å²) in [5.74, 6) is 1.61. The van der Waals surface area contributed by atoms with Crippen molar-refractivity contribution in [1.82, 2.24) is 0 Å². The molecule has 0 fully saturated rings. The largest absolute Gasteiger partial charge is 0.486 e. The Morgan fingerprint density at radius 1 is 0.532 bits per heavy atom. The van der Waals surface area contributed by atoms with Gasteiger partial charge in [0.1, 0.15) is 13.2 Å². The summed E-state index contributed by atoms with van der Waals surface area (Å²) in [6.07, 6.45) is 0. The third-order valence-corrected chi connectivity index (χ3v) is 15.3. The van der Waals surface area contributed by atoms with E-state index in [1.807, 2.05) is 22.7 Å². The second kappa shape index (κ2) is 13.9. The summed E-state index contributed by atoms with van der Waals surface area (Å²) in [4.78, 5) is 7.62. The van der Waals surface area contributed by atoms with Gasteiger partial charge in [-0.25, -0.2) is 0 Å². The molecule has 2 aromatic heterocycles. The standard InChI is InChI=1S/C55H45BN2O2S2/c1-32-22-45-53-46(23-32)58(54-33(2)24-39(25-34(54)3)55(4,5)6)44-31-48-47(59-20-21-60-48)30-42(44)56(53)41-19-18-38(52-29-37-13-8-10-17-50(37)62-52)27-43(41)57(45)40-15-11-14-35(26-40)51-28-36-12-7-9-16-49(36)61-51/h7-19,22-31H,20-21H2,1-6H3. The molecule has 4 nitrogen and oxygen atoms in total. The lowest BCUT2D eigenvalue weighted by molar-refractivity contribution is 0.172. The Balaban J connectivity index is 1.14. The van der Waals surface area contributed by atoms with Crippen LogP contribution in [0.3, 0.4) is 0 Å². The van der Waals surface area contributed by atoms with E-state index in [9.17, 15) is 0 Å². The van der Waals surface area contributed by atoms with Gasteiger partial charge in [0.25, 0.3) is 6.71 Å². The number of hydrogen-bond donors (Lipinski definition) is 0. The Bertz CT molecular complexity index is 3230. The van der Waals surface area contributed by atoms with Gasteiger partial charge in [-0.15, -0.1) is 22.7 Å². The highest BCUT2D eigenvalue weighted by Crippen LogP contribution is 2.50. The molecule has 3 aliphatic rings. The summed E-state index contributed by atoms with van der Waals surface area (Å²) in [6.45, 7) is 14.7. The first kappa shape index (κ1) is 37.5. The number of benzene rings is 7. The van der Waals surface area contributed by atoms with Crippen molar-refractivity contribution in [2.75, 3.05) is 23.0 Å². The molecule has 0 spiro atoms. The number of fused-ring (bicyclic) bond motifs is 7. The minimum atomic E-state index is -0.0503. The van der Waals surface area contributed by atoms with Crippen molar-refractivity contribution in [2.24, 2.45) is 0 Å². The first-order valence-corrected chi connectivity index (χ1v) is 23.2. The molecule has 0 saturated heterocycles. The quantitative estimate of drug-likeness (QED) is 0.165. The van der Waals surface area contributed by atoms with Crippen molar-refractivity contribution in [3.63, 3.8) is 0 Å². The van der Waals surface area contributed by atoms with E-state index < -0.39 is 0 Å². The van der Waals surface area contributed by atoms with Crippen molar-refractivity contribution in [2.45, 2.75) is 47.0 Å². The second-order valence-electron chi connectivity index (χ2n) is 18.2. The van der Waals surface area contributed by atoms with Crippen LogP contribution in [0.15, 0.2) is 140 Å². The molecular formula is C55H45BN2O2S2. The number of nitrogens with zero attached hydrogens (tertiary/aromatic N) is 2. The average Bonchev–Trinajstić information content (AvgIpc) is 3.91. The summed E-state index contributed by atoms with van der Waals surface area (Å²) in [5, 5.41) is 2.55. The summed E-state index contributed by atoms with van der Waals surface area (Å²) in [6, 6.07) is 52.6. The second-order valence-corrected chi connectivity index (χ2v) is 20.4. The van der Waals surface area contributed by atoms with Crippen LogP contribution in [-0.2, 0) is 5.41 Å². The Morgan fingerprint density at radius 2 is 1.13 bits per heavy atom. The zero-order valence-corrected chi connectivity index (χ0v) is 37.4. The summed E-state index contributed by atoms with van der Waals surface area (Å²) < 4.78 is 15.3. The van der Waals surface area contributed by atoms with Gasteiger partial charge in [0.2, 0.25) is 0 Å². The van der Waals surface area contributed by atoms with Crippen LogP contribution >= 0.6 is 22.7 Å². The monoisotopic (exact) mass is 840 g/mol. The average molecular weight is 841 g/mol. The van der Waals surface area contributed by atoms with Gasteiger partial charge in [-0.1, -0.05) is 93.6 Å². The van der Waals surface area contributed by atoms with Crippen LogP contribution in [0.5, 0.6) is 11.5 Å². The predicted molar refractivity (Wildman–Crippen MR) is 266 cm³/mol. The maximum absolute atomic E-state index is 6.39. The maximum Gasteiger partial charge on any atom is 0.252 e. The van der Waals surface area contributed by atoms with E-state index in [-0.39, 0.29) is 12.1 Å². The van der Waals surface area contributed by atoms with Crippen molar-refractivity contribution in [3.05, 3.63) is 162 Å². The van der Waals surface area contributed by atoms with Crippen LogP contribution in [0.25, 0.3) is 41.1 Å². The SMILES string of the molecule is Cc1cc2c3c(c1)N(c1c(C)cc(C(C)(C)C)cc1C)c1cc4c(cc1B3c1ccc(-c3cc5ccccc5s3)cc1N2c1cccc(-c2cc3ccccc3s2)c1)OCCO4. The molecule has 0 N–H and O–H groups in total. The van der Waals surface area contributed by atoms with Crippen LogP contribution in [0.2, 0.25) is 0 Å². The van der Waals surface area contributed by atoms with Gasteiger partial charge in [-0.05, 0) is 147 Å². The highest BCUT2D eigenvalue weighted by Gasteiger charge is 2.45. The lowest BCUT2D eigenvalue weighted by Gasteiger charge is -2.45. The van der Waals surface area contributed by atoms with Crippen LogP contribution in [0, 0.1) is 20.8 Å². The Hall–Kier alpha value is -6.28. The highest BCUT2D eigenvalue weighted by molar-refractivity contribution is 7.22. The Morgan fingerprint density at radius 3 is 1.77 bits per heavy atom. The van der Waals surface area contributed by atoms with E-state index >= 15 is 0 Å². The topological polar surface area (TPSA) is 24.9 Å². The lowest BCUT2D eigenvalue weighted by Crippen LogP contribution is -2.61. The van der Waals surface area contributed by atoms with E-state index in [1.54, 1.807) is 0 Å². The fourth-order valence-corrected chi connectivity index (χ4v) is 12.2. The number of ether oxygens (including phenoxy) is 2. The van der Waals surface area contributed by atoms with E-state index in [1.165, 1.54) is 102 Å². The molecule has 12 rings (SSSR count). The summed E-state index contributed by atoms with van der Waals surface area (Å²) in [7, 11) is 0. The third-order valence-electron chi connectivity index (χ3n) is 13.0. The van der Waals surface area contributed by atoms with Gasteiger partial charge < -0.3 is 19.3 Å².